The topological polar surface area (TPSA) is 70.3 Å². The largest absolute Gasteiger partial charge is 0.495 e. The van der Waals surface area contributed by atoms with Crippen LogP contribution in [0.2, 0.25) is 0 Å². The molecule has 5 nitrogen and oxygen atoms in total. The fourth-order valence-corrected chi connectivity index (χ4v) is 3.09. The molecule has 0 bridgehead atoms. The fraction of sp³-hybridized carbons (Fsp3) is 0.417. The Bertz CT molecular complexity index is 459. The van der Waals surface area contributed by atoms with Gasteiger partial charge in [0, 0.05) is 30.5 Å². The third-order valence-electron chi connectivity index (χ3n) is 2.14. The number of nitriles is 1. The molecule has 0 aliphatic carbocycles. The van der Waals surface area contributed by atoms with E-state index in [1.807, 2.05) is 18.3 Å². The molecule has 19 heavy (non-hydrogen) atoms. The van der Waals surface area contributed by atoms with Gasteiger partial charge in [-0.15, -0.1) is 0 Å². The third-order valence-corrected chi connectivity index (χ3v) is 4.33. The first kappa shape index (κ1) is 15.7. The Morgan fingerprint density at radius 3 is 3.11 bits per heavy atom. The summed E-state index contributed by atoms with van der Waals surface area (Å²) in [7, 11) is 3.32. The minimum Gasteiger partial charge on any atom is -0.495 e. The number of amidine groups is 1. The van der Waals surface area contributed by atoms with Gasteiger partial charge >= 0.3 is 0 Å². The highest BCUT2D eigenvalue weighted by Crippen LogP contribution is 2.20. The van der Waals surface area contributed by atoms with Crippen LogP contribution in [-0.2, 0) is 5.75 Å². The quantitative estimate of drug-likeness (QED) is 0.285. The molecule has 0 atom stereocenters. The maximum atomic E-state index is 8.49. The lowest BCUT2D eigenvalue weighted by Gasteiger charge is -2.06. The van der Waals surface area contributed by atoms with Gasteiger partial charge in [-0.3, -0.25) is 15.3 Å². The number of thioether (sulfide) groups is 2. The SMILES string of the molecule is C/N=C(\NC#N)SCCSCc1ncccc1OC. The molecule has 0 aliphatic rings. The first-order valence-electron chi connectivity index (χ1n) is 5.62. The maximum Gasteiger partial charge on any atom is 0.183 e. The molecule has 0 aliphatic heterocycles. The number of aromatic nitrogens is 1. The van der Waals surface area contributed by atoms with Gasteiger partial charge in [-0.25, -0.2) is 0 Å². The summed E-state index contributed by atoms with van der Waals surface area (Å²) in [5.41, 5.74) is 0.958. The predicted molar refractivity (Wildman–Crippen MR) is 81.5 cm³/mol. The number of ether oxygens (including phenoxy) is 1. The summed E-state index contributed by atoms with van der Waals surface area (Å²) < 4.78 is 5.24. The molecule has 0 unspecified atom stereocenters. The van der Waals surface area contributed by atoms with Gasteiger partial charge in [0.05, 0.1) is 12.8 Å². The van der Waals surface area contributed by atoms with E-state index in [4.69, 9.17) is 10.00 Å². The summed E-state index contributed by atoms with van der Waals surface area (Å²) in [4.78, 5) is 8.26. The molecule has 0 radical (unpaired) electrons. The van der Waals surface area contributed by atoms with E-state index >= 15 is 0 Å². The van der Waals surface area contributed by atoms with E-state index in [1.54, 1.807) is 32.1 Å². The summed E-state index contributed by atoms with van der Waals surface area (Å²) in [5.74, 6) is 3.48. The predicted octanol–water partition coefficient (Wildman–Crippen LogP) is 2.11. The molecule has 1 aromatic rings. The normalized spacial score (nSPS) is 10.9. The van der Waals surface area contributed by atoms with E-state index in [9.17, 15) is 0 Å². The summed E-state index contributed by atoms with van der Waals surface area (Å²) in [6.45, 7) is 0. The molecule has 1 heterocycles. The van der Waals surface area contributed by atoms with Crippen LogP contribution < -0.4 is 10.1 Å². The number of hydrogen-bond acceptors (Lipinski definition) is 6. The van der Waals surface area contributed by atoms with E-state index in [1.165, 1.54) is 11.8 Å². The standard InChI is InChI=1S/C12H16N4OS2/c1-14-12(16-9-13)19-7-6-18-8-10-11(17-2)4-3-5-15-10/h3-5H,6-8H2,1-2H3,(H,14,16). The van der Waals surface area contributed by atoms with Gasteiger partial charge < -0.3 is 4.74 Å². The molecule has 0 fully saturated rings. The van der Waals surface area contributed by atoms with E-state index in [2.05, 4.69) is 15.3 Å². The van der Waals surface area contributed by atoms with Crippen molar-refractivity contribution in [2.75, 3.05) is 25.7 Å². The molecule has 102 valence electrons. The van der Waals surface area contributed by atoms with Crippen molar-refractivity contribution in [3.63, 3.8) is 0 Å². The molecule has 7 heteroatoms. The van der Waals surface area contributed by atoms with Gasteiger partial charge in [0.25, 0.3) is 0 Å². The molecule has 0 aromatic carbocycles. The zero-order chi connectivity index (χ0) is 13.9. The number of rotatable bonds is 6. The van der Waals surface area contributed by atoms with Crippen LogP contribution in [0.3, 0.4) is 0 Å². The number of nitrogens with zero attached hydrogens (tertiary/aromatic N) is 3. The Kier molecular flexibility index (Phi) is 7.86. The molecule has 0 amide bonds. The van der Waals surface area contributed by atoms with Crippen molar-refractivity contribution in [1.82, 2.24) is 10.3 Å². The van der Waals surface area contributed by atoms with Gasteiger partial charge in [0.1, 0.15) is 5.75 Å². The zero-order valence-corrected chi connectivity index (χ0v) is 12.6. The van der Waals surface area contributed by atoms with Crippen molar-refractivity contribution in [1.29, 1.82) is 5.26 Å². The van der Waals surface area contributed by atoms with E-state index in [-0.39, 0.29) is 0 Å². The van der Waals surface area contributed by atoms with Crippen LogP contribution in [0.4, 0.5) is 0 Å². The fourth-order valence-electron chi connectivity index (χ4n) is 1.29. The Morgan fingerprint density at radius 1 is 1.58 bits per heavy atom. The van der Waals surface area contributed by atoms with Crippen molar-refractivity contribution in [2.45, 2.75) is 5.75 Å². The lowest BCUT2D eigenvalue weighted by molar-refractivity contribution is 0.409. The highest BCUT2D eigenvalue weighted by atomic mass is 32.2. The molecular weight excluding hydrogens is 280 g/mol. The molecule has 1 aromatic heterocycles. The second-order valence-corrected chi connectivity index (χ2v) is 5.51. The molecule has 0 saturated carbocycles. The number of nitrogens with one attached hydrogen (secondary N) is 1. The van der Waals surface area contributed by atoms with Gasteiger partial charge in [0.2, 0.25) is 0 Å². The van der Waals surface area contributed by atoms with Crippen LogP contribution >= 0.6 is 23.5 Å². The summed E-state index contributed by atoms with van der Waals surface area (Å²) in [6, 6.07) is 3.77. The summed E-state index contributed by atoms with van der Waals surface area (Å²) in [5, 5.41) is 11.7. The van der Waals surface area contributed by atoms with E-state index in [0.717, 1.165) is 28.7 Å². The minimum atomic E-state index is 0.651. The van der Waals surface area contributed by atoms with E-state index in [0.29, 0.717) is 5.17 Å². The van der Waals surface area contributed by atoms with Gasteiger partial charge in [-0.2, -0.15) is 17.0 Å². The van der Waals surface area contributed by atoms with Crippen LogP contribution in [0.25, 0.3) is 0 Å². The van der Waals surface area contributed by atoms with Crippen LogP contribution in [0.5, 0.6) is 5.75 Å². The number of hydrogen-bond donors (Lipinski definition) is 1. The lowest BCUT2D eigenvalue weighted by Crippen LogP contribution is -2.14. The summed E-state index contributed by atoms with van der Waals surface area (Å²) >= 11 is 3.31. The van der Waals surface area contributed by atoms with Crippen molar-refractivity contribution >= 4 is 28.7 Å². The van der Waals surface area contributed by atoms with E-state index < -0.39 is 0 Å². The van der Waals surface area contributed by atoms with Gasteiger partial charge in [-0.05, 0) is 12.1 Å². The molecular formula is C12H16N4OS2. The first-order chi connectivity index (χ1) is 9.31. The first-order valence-corrected chi connectivity index (χ1v) is 7.76. The average molecular weight is 296 g/mol. The van der Waals surface area contributed by atoms with Gasteiger partial charge in [0.15, 0.2) is 11.4 Å². The average Bonchev–Trinajstić information content (AvgIpc) is 2.46. The van der Waals surface area contributed by atoms with Crippen molar-refractivity contribution in [3.8, 4) is 11.9 Å². The Balaban J connectivity index is 2.26. The van der Waals surface area contributed by atoms with Gasteiger partial charge in [-0.1, -0.05) is 11.8 Å². The zero-order valence-electron chi connectivity index (χ0n) is 10.9. The Hall–Kier alpha value is -1.39. The minimum absolute atomic E-state index is 0.651. The molecule has 0 saturated heterocycles. The second-order valence-electron chi connectivity index (χ2n) is 3.32. The lowest BCUT2D eigenvalue weighted by atomic mass is 10.3. The van der Waals surface area contributed by atoms with Crippen molar-refractivity contribution in [3.05, 3.63) is 24.0 Å². The highest BCUT2D eigenvalue weighted by molar-refractivity contribution is 8.14. The number of aliphatic imine (C=N–C) groups is 1. The smallest absolute Gasteiger partial charge is 0.183 e. The molecule has 0 spiro atoms. The van der Waals surface area contributed by atoms with Crippen LogP contribution in [0.15, 0.2) is 23.3 Å². The van der Waals surface area contributed by atoms with Crippen LogP contribution in [0, 0.1) is 11.5 Å². The van der Waals surface area contributed by atoms with Crippen LogP contribution in [0.1, 0.15) is 5.69 Å². The third kappa shape index (κ3) is 5.85. The number of pyridine rings is 1. The highest BCUT2D eigenvalue weighted by Gasteiger charge is 2.03. The molecule has 1 rings (SSSR count). The second kappa shape index (κ2) is 9.53. The van der Waals surface area contributed by atoms with Crippen molar-refractivity contribution in [2.24, 2.45) is 4.99 Å². The monoisotopic (exact) mass is 296 g/mol. The Labute approximate surface area is 121 Å². The Morgan fingerprint density at radius 2 is 2.42 bits per heavy atom. The maximum absolute atomic E-state index is 8.49. The summed E-state index contributed by atoms with van der Waals surface area (Å²) in [6.07, 6.45) is 3.64. The van der Waals surface area contributed by atoms with Crippen molar-refractivity contribution < 1.29 is 4.74 Å². The molecule has 1 N–H and O–H groups in total. The van der Waals surface area contributed by atoms with Crippen LogP contribution in [-0.4, -0.2) is 35.8 Å². The number of methoxy groups -OCH3 is 1.